The van der Waals surface area contributed by atoms with Gasteiger partial charge in [0, 0.05) is 5.69 Å². The van der Waals surface area contributed by atoms with E-state index in [1.54, 1.807) is 37.3 Å². The summed E-state index contributed by atoms with van der Waals surface area (Å²) < 4.78 is 11.4. The number of Topliss-reactive ketones (excluding diaryl/α,β-unsaturated/α-hetero) is 1. The fraction of sp³-hybridized carbons (Fsp3) is 0.286. The van der Waals surface area contributed by atoms with Crippen molar-refractivity contribution in [1.82, 2.24) is 0 Å². The molecule has 6 nitrogen and oxygen atoms in total. The van der Waals surface area contributed by atoms with Crippen molar-refractivity contribution in [2.75, 3.05) is 12.0 Å². The van der Waals surface area contributed by atoms with Crippen LogP contribution in [-0.2, 0) is 15.0 Å². The number of nitrogens with zero attached hydrogens (tertiary/aromatic N) is 1. The molecule has 1 atom stereocenters. The minimum Gasteiger partial charge on any atom is -0.507 e. The number of ether oxygens (including phenoxy) is 1. The van der Waals surface area contributed by atoms with Crippen molar-refractivity contribution in [3.05, 3.63) is 88.4 Å². The highest BCUT2D eigenvalue weighted by Gasteiger charge is 2.48. The summed E-state index contributed by atoms with van der Waals surface area (Å²) >= 11 is 0. The molecule has 34 heavy (non-hydrogen) atoms. The molecule has 0 radical (unpaired) electrons. The molecule has 1 N–H and O–H groups in total. The highest BCUT2D eigenvalue weighted by molar-refractivity contribution is 6.51. The monoisotopic (exact) mass is 459 g/mol. The Bertz CT molecular complexity index is 1310. The first-order chi connectivity index (χ1) is 16.0. The van der Waals surface area contributed by atoms with Crippen molar-refractivity contribution in [3.63, 3.8) is 0 Å². The van der Waals surface area contributed by atoms with E-state index in [-0.39, 0.29) is 16.7 Å². The van der Waals surface area contributed by atoms with Crippen LogP contribution in [0.3, 0.4) is 0 Å². The number of methoxy groups -OCH3 is 1. The molecular formula is C28H29NO5. The van der Waals surface area contributed by atoms with Gasteiger partial charge < -0.3 is 14.3 Å². The molecular weight excluding hydrogens is 430 g/mol. The predicted molar refractivity (Wildman–Crippen MR) is 131 cm³/mol. The van der Waals surface area contributed by atoms with Crippen LogP contribution in [0.5, 0.6) is 5.75 Å². The molecule has 1 aliphatic heterocycles. The number of rotatable bonds is 4. The number of ketones is 1. The molecule has 2 heterocycles. The maximum Gasteiger partial charge on any atom is 0.300 e. The van der Waals surface area contributed by atoms with Crippen LogP contribution in [0, 0.1) is 13.8 Å². The fourth-order valence-corrected chi connectivity index (χ4v) is 4.25. The van der Waals surface area contributed by atoms with Crippen LogP contribution < -0.4 is 9.64 Å². The third-order valence-electron chi connectivity index (χ3n) is 6.08. The largest absolute Gasteiger partial charge is 0.507 e. The van der Waals surface area contributed by atoms with Crippen LogP contribution in [0.4, 0.5) is 5.69 Å². The number of anilines is 1. The van der Waals surface area contributed by atoms with Crippen molar-refractivity contribution in [1.29, 1.82) is 0 Å². The lowest BCUT2D eigenvalue weighted by atomic mass is 9.85. The zero-order valence-corrected chi connectivity index (χ0v) is 20.3. The molecule has 4 rings (SSSR count). The van der Waals surface area contributed by atoms with Crippen molar-refractivity contribution in [2.45, 2.75) is 46.1 Å². The molecule has 1 unspecified atom stereocenters. The van der Waals surface area contributed by atoms with Crippen LogP contribution in [0.1, 0.15) is 55.0 Å². The number of aryl methyl sites for hydroxylation is 2. The van der Waals surface area contributed by atoms with E-state index in [2.05, 4.69) is 20.8 Å². The minimum atomic E-state index is -0.918. The van der Waals surface area contributed by atoms with E-state index >= 15 is 0 Å². The molecule has 6 heteroatoms. The molecule has 0 saturated carbocycles. The van der Waals surface area contributed by atoms with Gasteiger partial charge in [-0.15, -0.1) is 0 Å². The molecule has 0 bridgehead atoms. The summed E-state index contributed by atoms with van der Waals surface area (Å²) in [6, 6.07) is 15.4. The van der Waals surface area contributed by atoms with E-state index in [9.17, 15) is 14.7 Å². The van der Waals surface area contributed by atoms with Gasteiger partial charge in [-0.2, -0.15) is 0 Å². The van der Waals surface area contributed by atoms with Gasteiger partial charge in [-0.25, -0.2) is 0 Å². The van der Waals surface area contributed by atoms with Gasteiger partial charge in [-0.05, 0) is 66.8 Å². The maximum absolute atomic E-state index is 13.4. The number of benzene rings is 2. The molecule has 0 aliphatic carbocycles. The van der Waals surface area contributed by atoms with Crippen LogP contribution in [0.15, 0.2) is 64.6 Å². The average Bonchev–Trinajstić information content (AvgIpc) is 3.33. The van der Waals surface area contributed by atoms with Crippen LogP contribution in [-0.4, -0.2) is 23.9 Å². The molecule has 1 fully saturated rings. The highest BCUT2D eigenvalue weighted by atomic mass is 16.5. The first-order valence-electron chi connectivity index (χ1n) is 11.2. The molecule has 1 aromatic heterocycles. The van der Waals surface area contributed by atoms with Crippen molar-refractivity contribution >= 4 is 23.1 Å². The number of hydrogen-bond acceptors (Lipinski definition) is 5. The first-order valence-corrected chi connectivity index (χ1v) is 11.2. The Morgan fingerprint density at radius 1 is 1.03 bits per heavy atom. The Hall–Kier alpha value is -3.80. The summed E-state index contributed by atoms with van der Waals surface area (Å²) in [5.41, 5.74) is 2.56. The lowest BCUT2D eigenvalue weighted by Gasteiger charge is -2.24. The predicted octanol–water partition coefficient (Wildman–Crippen LogP) is 5.83. The number of aliphatic hydroxyl groups excluding tert-OH is 1. The van der Waals surface area contributed by atoms with E-state index in [1.165, 1.54) is 12.0 Å². The second kappa shape index (κ2) is 8.52. The third-order valence-corrected chi connectivity index (χ3v) is 6.08. The standard InChI is InChI=1S/C28H29NO5/c1-16-8-7-9-19(14-16)29-24(22-12-10-17(2)34-22)23(26(31)27(29)32)25(30)20-15-18(28(3,4)5)11-13-21(20)33-6/h7-15,24,30H,1-6H3/b25-23+. The molecule has 176 valence electrons. The van der Waals surface area contributed by atoms with Crippen LogP contribution in [0.25, 0.3) is 5.76 Å². The number of amides is 1. The fourth-order valence-electron chi connectivity index (χ4n) is 4.25. The van der Waals surface area contributed by atoms with E-state index in [1.807, 2.05) is 31.2 Å². The molecule has 0 spiro atoms. The second-order valence-corrected chi connectivity index (χ2v) is 9.62. The normalized spacial score (nSPS) is 17.9. The Morgan fingerprint density at radius 3 is 2.35 bits per heavy atom. The summed E-state index contributed by atoms with van der Waals surface area (Å²) in [5, 5.41) is 11.5. The van der Waals surface area contributed by atoms with Crippen molar-refractivity contribution in [2.24, 2.45) is 0 Å². The topological polar surface area (TPSA) is 80.0 Å². The number of carbonyl (C=O) groups is 2. The zero-order valence-electron chi connectivity index (χ0n) is 20.3. The van der Waals surface area contributed by atoms with Gasteiger partial charge in [0.25, 0.3) is 11.7 Å². The van der Waals surface area contributed by atoms with Gasteiger partial charge in [0.1, 0.15) is 29.1 Å². The summed E-state index contributed by atoms with van der Waals surface area (Å²) in [5.74, 6) is -0.363. The molecule has 1 amide bonds. The van der Waals surface area contributed by atoms with Crippen LogP contribution >= 0.6 is 0 Å². The first kappa shape index (κ1) is 23.4. The quantitative estimate of drug-likeness (QED) is 0.302. The Balaban J connectivity index is 1.99. The summed E-state index contributed by atoms with van der Waals surface area (Å²) in [7, 11) is 1.50. The molecule has 1 aliphatic rings. The number of aliphatic hydroxyl groups is 1. The van der Waals surface area contributed by atoms with Gasteiger partial charge in [-0.1, -0.05) is 39.0 Å². The molecule has 1 saturated heterocycles. The number of carbonyl (C=O) groups excluding carboxylic acids is 2. The maximum atomic E-state index is 13.4. The lowest BCUT2D eigenvalue weighted by Crippen LogP contribution is -2.29. The third kappa shape index (κ3) is 4.00. The van der Waals surface area contributed by atoms with Gasteiger partial charge in [0.15, 0.2) is 0 Å². The number of furan rings is 1. The van der Waals surface area contributed by atoms with E-state index in [4.69, 9.17) is 9.15 Å². The lowest BCUT2D eigenvalue weighted by molar-refractivity contribution is -0.132. The Morgan fingerprint density at radius 2 is 1.76 bits per heavy atom. The molecule has 3 aromatic rings. The van der Waals surface area contributed by atoms with Crippen LogP contribution in [0.2, 0.25) is 0 Å². The van der Waals surface area contributed by atoms with Gasteiger partial charge >= 0.3 is 0 Å². The number of hydrogen-bond donors (Lipinski definition) is 1. The summed E-state index contributed by atoms with van der Waals surface area (Å²) in [6.07, 6.45) is 0. The van der Waals surface area contributed by atoms with Crippen molar-refractivity contribution < 1.29 is 23.8 Å². The summed E-state index contributed by atoms with van der Waals surface area (Å²) in [4.78, 5) is 28.0. The average molecular weight is 460 g/mol. The van der Waals surface area contributed by atoms with E-state index in [0.29, 0.717) is 28.5 Å². The zero-order chi connectivity index (χ0) is 24.8. The molecule has 2 aromatic carbocycles. The van der Waals surface area contributed by atoms with Gasteiger partial charge in [0.05, 0.1) is 18.2 Å². The Kier molecular flexibility index (Phi) is 5.86. The smallest absolute Gasteiger partial charge is 0.300 e. The Labute approximate surface area is 199 Å². The van der Waals surface area contributed by atoms with Gasteiger partial charge in [-0.3, -0.25) is 14.5 Å². The second-order valence-electron chi connectivity index (χ2n) is 9.62. The summed E-state index contributed by atoms with van der Waals surface area (Å²) in [6.45, 7) is 9.87. The van der Waals surface area contributed by atoms with Gasteiger partial charge in [0.2, 0.25) is 0 Å². The van der Waals surface area contributed by atoms with E-state index in [0.717, 1.165) is 11.1 Å². The minimum absolute atomic E-state index is 0.0368. The van der Waals surface area contributed by atoms with Crippen molar-refractivity contribution in [3.8, 4) is 5.75 Å². The SMILES string of the molecule is COc1ccc(C(C)(C)C)cc1/C(O)=C1\C(=O)C(=O)N(c2cccc(C)c2)C1c1ccc(C)o1. The van der Waals surface area contributed by atoms with E-state index < -0.39 is 17.7 Å². The highest BCUT2D eigenvalue weighted by Crippen LogP contribution is 2.44.